The predicted molar refractivity (Wildman–Crippen MR) is 61.1 cm³/mol. The Kier molecular flexibility index (Phi) is 4.83. The fourth-order valence-electron chi connectivity index (χ4n) is 1.83. The van der Waals surface area contributed by atoms with Gasteiger partial charge in [0.2, 0.25) is 0 Å². The van der Waals surface area contributed by atoms with Crippen molar-refractivity contribution in [1.82, 2.24) is 4.90 Å². The fraction of sp³-hybridized carbons (Fsp3) is 0.500. The van der Waals surface area contributed by atoms with Crippen molar-refractivity contribution >= 4 is 0 Å². The summed E-state index contributed by atoms with van der Waals surface area (Å²) in [6.07, 6.45) is 0.948. The largest absolute Gasteiger partial charge is 0.329 e. The summed E-state index contributed by atoms with van der Waals surface area (Å²) < 4.78 is 26.7. The maximum atomic E-state index is 13.6. The van der Waals surface area contributed by atoms with Crippen molar-refractivity contribution in [1.29, 1.82) is 0 Å². The summed E-state index contributed by atoms with van der Waals surface area (Å²) in [4.78, 5) is 1.94. The van der Waals surface area contributed by atoms with Gasteiger partial charge in [0.25, 0.3) is 0 Å². The lowest BCUT2D eigenvalue weighted by Gasteiger charge is -2.27. The summed E-state index contributed by atoms with van der Waals surface area (Å²) in [6.45, 7) is 3.11. The molecule has 0 radical (unpaired) electrons. The van der Waals surface area contributed by atoms with Crippen LogP contribution in [0.25, 0.3) is 0 Å². The van der Waals surface area contributed by atoms with Gasteiger partial charge in [0, 0.05) is 18.2 Å². The quantitative estimate of drug-likeness (QED) is 0.838. The van der Waals surface area contributed by atoms with Gasteiger partial charge in [-0.3, -0.25) is 4.90 Å². The molecule has 0 aromatic heterocycles. The first-order chi connectivity index (χ1) is 7.61. The predicted octanol–water partition coefficient (Wildman–Crippen LogP) is 2.31. The minimum Gasteiger partial charge on any atom is -0.329 e. The van der Waals surface area contributed by atoms with Gasteiger partial charge in [-0.2, -0.15) is 0 Å². The molecule has 1 atom stereocenters. The van der Waals surface area contributed by atoms with Gasteiger partial charge in [-0.25, -0.2) is 8.78 Å². The average molecular weight is 228 g/mol. The SMILES string of the molecule is CCCN(C)C(CN)c1cccc(F)c1F. The highest BCUT2D eigenvalue weighted by atomic mass is 19.2. The Balaban J connectivity index is 2.99. The number of likely N-dealkylation sites (N-methyl/N-ethyl adjacent to an activating group) is 1. The third kappa shape index (κ3) is 2.77. The number of nitrogens with two attached hydrogens (primary N) is 1. The van der Waals surface area contributed by atoms with Crippen LogP contribution in [0.3, 0.4) is 0 Å². The monoisotopic (exact) mass is 228 g/mol. The summed E-state index contributed by atoms with van der Waals surface area (Å²) >= 11 is 0. The van der Waals surface area contributed by atoms with E-state index in [1.54, 1.807) is 6.07 Å². The zero-order chi connectivity index (χ0) is 12.1. The van der Waals surface area contributed by atoms with E-state index in [0.29, 0.717) is 5.56 Å². The van der Waals surface area contributed by atoms with Crippen LogP contribution >= 0.6 is 0 Å². The molecule has 0 aliphatic rings. The van der Waals surface area contributed by atoms with E-state index in [1.165, 1.54) is 6.07 Å². The Bertz CT molecular complexity index is 342. The lowest BCUT2D eigenvalue weighted by Crippen LogP contribution is -2.32. The molecule has 1 aromatic carbocycles. The molecule has 0 saturated carbocycles. The Morgan fingerprint density at radius 1 is 1.38 bits per heavy atom. The highest BCUT2D eigenvalue weighted by Gasteiger charge is 2.20. The number of benzene rings is 1. The Labute approximate surface area is 95.1 Å². The topological polar surface area (TPSA) is 29.3 Å². The molecular weight excluding hydrogens is 210 g/mol. The van der Waals surface area contributed by atoms with Crippen molar-refractivity contribution in [2.75, 3.05) is 20.1 Å². The van der Waals surface area contributed by atoms with Crippen molar-refractivity contribution in [3.63, 3.8) is 0 Å². The maximum absolute atomic E-state index is 13.6. The second kappa shape index (κ2) is 5.92. The van der Waals surface area contributed by atoms with Gasteiger partial charge in [-0.1, -0.05) is 19.1 Å². The molecule has 0 aliphatic carbocycles. The van der Waals surface area contributed by atoms with Crippen molar-refractivity contribution < 1.29 is 8.78 Å². The Morgan fingerprint density at radius 3 is 2.62 bits per heavy atom. The summed E-state index contributed by atoms with van der Waals surface area (Å²) in [6, 6.07) is 3.94. The average Bonchev–Trinajstić information content (AvgIpc) is 2.25. The van der Waals surface area contributed by atoms with Gasteiger partial charge in [-0.05, 0) is 26.1 Å². The zero-order valence-corrected chi connectivity index (χ0v) is 9.71. The van der Waals surface area contributed by atoms with E-state index in [4.69, 9.17) is 5.73 Å². The maximum Gasteiger partial charge on any atom is 0.163 e. The minimum atomic E-state index is -0.819. The second-order valence-corrected chi connectivity index (χ2v) is 3.88. The van der Waals surface area contributed by atoms with Gasteiger partial charge >= 0.3 is 0 Å². The Morgan fingerprint density at radius 2 is 2.06 bits per heavy atom. The third-order valence-electron chi connectivity index (χ3n) is 2.67. The lowest BCUT2D eigenvalue weighted by molar-refractivity contribution is 0.244. The Hall–Kier alpha value is -1.00. The van der Waals surface area contributed by atoms with Crippen LogP contribution in [0, 0.1) is 11.6 Å². The van der Waals surface area contributed by atoms with Crippen molar-refractivity contribution in [3.8, 4) is 0 Å². The van der Waals surface area contributed by atoms with Crippen LogP contribution in [-0.2, 0) is 0 Å². The molecule has 1 rings (SSSR count). The molecule has 0 bridgehead atoms. The van der Waals surface area contributed by atoms with Gasteiger partial charge in [0.05, 0.1) is 0 Å². The normalized spacial score (nSPS) is 13.1. The van der Waals surface area contributed by atoms with E-state index < -0.39 is 11.6 Å². The molecule has 4 heteroatoms. The summed E-state index contributed by atoms with van der Waals surface area (Å²) in [5, 5.41) is 0. The molecule has 0 aliphatic heterocycles. The minimum absolute atomic E-state index is 0.268. The third-order valence-corrected chi connectivity index (χ3v) is 2.67. The van der Waals surface area contributed by atoms with E-state index in [-0.39, 0.29) is 12.6 Å². The second-order valence-electron chi connectivity index (χ2n) is 3.88. The van der Waals surface area contributed by atoms with E-state index >= 15 is 0 Å². The first kappa shape index (κ1) is 13.1. The van der Waals surface area contributed by atoms with E-state index in [0.717, 1.165) is 19.0 Å². The molecule has 0 fully saturated rings. The van der Waals surface area contributed by atoms with Crippen molar-refractivity contribution in [3.05, 3.63) is 35.4 Å². The molecule has 2 nitrogen and oxygen atoms in total. The molecular formula is C12H18F2N2. The van der Waals surface area contributed by atoms with Gasteiger partial charge in [-0.15, -0.1) is 0 Å². The van der Waals surface area contributed by atoms with E-state index in [1.807, 2.05) is 18.9 Å². The molecule has 0 saturated heterocycles. The molecule has 2 N–H and O–H groups in total. The highest BCUT2D eigenvalue weighted by molar-refractivity contribution is 5.23. The zero-order valence-electron chi connectivity index (χ0n) is 9.71. The summed E-state index contributed by atoms with van der Waals surface area (Å²) in [5.41, 5.74) is 5.96. The molecule has 0 amide bonds. The molecule has 16 heavy (non-hydrogen) atoms. The van der Waals surface area contributed by atoms with E-state index in [2.05, 4.69) is 0 Å². The summed E-state index contributed by atoms with van der Waals surface area (Å²) in [7, 11) is 1.87. The number of halogens is 2. The standard InChI is InChI=1S/C12H18F2N2/c1-3-7-16(2)11(8-15)9-5-4-6-10(13)12(9)14/h4-6,11H,3,7-8,15H2,1-2H3. The molecule has 1 aromatic rings. The molecule has 0 heterocycles. The lowest BCUT2D eigenvalue weighted by atomic mass is 10.0. The van der Waals surface area contributed by atoms with Gasteiger partial charge < -0.3 is 5.73 Å². The molecule has 0 spiro atoms. The highest BCUT2D eigenvalue weighted by Crippen LogP contribution is 2.23. The van der Waals surface area contributed by atoms with Crippen LogP contribution < -0.4 is 5.73 Å². The number of hydrogen-bond donors (Lipinski definition) is 1. The van der Waals surface area contributed by atoms with Crippen LogP contribution in [0.5, 0.6) is 0 Å². The summed E-state index contributed by atoms with van der Waals surface area (Å²) in [5.74, 6) is -1.61. The van der Waals surface area contributed by atoms with Crippen LogP contribution in [0.1, 0.15) is 24.9 Å². The van der Waals surface area contributed by atoms with Gasteiger partial charge in [0.1, 0.15) is 0 Å². The number of hydrogen-bond acceptors (Lipinski definition) is 2. The van der Waals surface area contributed by atoms with Crippen LogP contribution in [0.2, 0.25) is 0 Å². The molecule has 1 unspecified atom stereocenters. The van der Waals surface area contributed by atoms with Crippen LogP contribution in [0.15, 0.2) is 18.2 Å². The number of nitrogens with zero attached hydrogens (tertiary/aromatic N) is 1. The van der Waals surface area contributed by atoms with Gasteiger partial charge in [0.15, 0.2) is 11.6 Å². The first-order valence-electron chi connectivity index (χ1n) is 5.46. The van der Waals surface area contributed by atoms with Crippen molar-refractivity contribution in [2.24, 2.45) is 5.73 Å². The van der Waals surface area contributed by atoms with Crippen molar-refractivity contribution in [2.45, 2.75) is 19.4 Å². The number of rotatable bonds is 5. The van der Waals surface area contributed by atoms with Crippen LogP contribution in [0.4, 0.5) is 8.78 Å². The van der Waals surface area contributed by atoms with Crippen LogP contribution in [-0.4, -0.2) is 25.0 Å². The molecule has 90 valence electrons. The van der Waals surface area contributed by atoms with E-state index in [9.17, 15) is 8.78 Å². The smallest absolute Gasteiger partial charge is 0.163 e. The fourth-order valence-corrected chi connectivity index (χ4v) is 1.83. The first-order valence-corrected chi connectivity index (χ1v) is 5.46.